The Hall–Kier alpha value is -2.83. The minimum absolute atomic E-state index is 0.106. The van der Waals surface area contributed by atoms with Crippen LogP contribution in [0.5, 0.6) is 0 Å². The summed E-state index contributed by atoms with van der Waals surface area (Å²) in [7, 11) is 1.27. The van der Waals surface area contributed by atoms with Crippen molar-refractivity contribution in [2.75, 3.05) is 32.1 Å². The van der Waals surface area contributed by atoms with Crippen molar-refractivity contribution in [3.05, 3.63) is 64.8 Å². The maximum Gasteiger partial charge on any atom is 0.337 e. The second kappa shape index (κ2) is 8.24. The molecule has 0 bridgehead atoms. The Labute approximate surface area is 162 Å². The monoisotopic (exact) mass is 386 g/mol. The lowest BCUT2D eigenvalue weighted by molar-refractivity contribution is -0.136. The van der Waals surface area contributed by atoms with Crippen LogP contribution in [0.4, 0.5) is 5.69 Å². The Bertz CT molecular complexity index is 893. The average molecular weight is 387 g/mol. The Morgan fingerprint density at radius 2 is 1.96 bits per heavy atom. The predicted octanol–water partition coefficient (Wildman–Crippen LogP) is 2.68. The summed E-state index contributed by atoms with van der Waals surface area (Å²) < 4.78 is 4.77. The number of halogens is 1. The third-order valence-corrected chi connectivity index (χ3v) is 4.50. The zero-order chi connectivity index (χ0) is 19.4. The number of rotatable bonds is 6. The molecule has 1 aliphatic heterocycles. The summed E-state index contributed by atoms with van der Waals surface area (Å²) in [6, 6.07) is 15.0. The smallest absolute Gasteiger partial charge is 0.337 e. The van der Waals surface area contributed by atoms with Crippen LogP contribution in [0.1, 0.15) is 0 Å². The number of esters is 1. The Morgan fingerprint density at radius 1 is 1.22 bits per heavy atom. The van der Waals surface area contributed by atoms with Crippen LogP contribution in [0.15, 0.2) is 59.8 Å². The zero-order valence-corrected chi connectivity index (χ0v) is 15.5. The number of benzene rings is 2. The highest BCUT2D eigenvalue weighted by Crippen LogP contribution is 2.26. The van der Waals surface area contributed by atoms with E-state index in [0.29, 0.717) is 10.7 Å². The van der Waals surface area contributed by atoms with Crippen molar-refractivity contribution >= 4 is 29.2 Å². The van der Waals surface area contributed by atoms with Gasteiger partial charge in [-0.3, -0.25) is 4.79 Å². The quantitative estimate of drug-likeness (QED) is 0.746. The molecule has 0 aromatic heterocycles. The molecule has 3 rings (SSSR count). The van der Waals surface area contributed by atoms with Gasteiger partial charge in [0.15, 0.2) is 0 Å². The summed E-state index contributed by atoms with van der Waals surface area (Å²) in [4.78, 5) is 25.9. The number of β-amino-alcohol motifs (C(OH)–C–C–N with tert-alkyl or cyclic N) is 1. The van der Waals surface area contributed by atoms with E-state index in [1.54, 1.807) is 0 Å². The first-order valence-corrected chi connectivity index (χ1v) is 8.76. The fourth-order valence-electron chi connectivity index (χ4n) is 2.91. The van der Waals surface area contributed by atoms with Gasteiger partial charge in [0.1, 0.15) is 5.70 Å². The van der Waals surface area contributed by atoms with Gasteiger partial charge in [0.2, 0.25) is 0 Å². The summed E-state index contributed by atoms with van der Waals surface area (Å²) in [5, 5.41) is 12.8. The molecule has 0 fully saturated rings. The van der Waals surface area contributed by atoms with Crippen molar-refractivity contribution < 1.29 is 19.4 Å². The fourth-order valence-corrected chi connectivity index (χ4v) is 3.10. The molecule has 1 aliphatic rings. The fraction of sp³-hybridized carbons (Fsp3) is 0.200. The van der Waals surface area contributed by atoms with E-state index in [-0.39, 0.29) is 36.9 Å². The van der Waals surface area contributed by atoms with E-state index in [1.165, 1.54) is 12.0 Å². The van der Waals surface area contributed by atoms with Crippen LogP contribution in [-0.4, -0.2) is 48.7 Å². The summed E-state index contributed by atoms with van der Waals surface area (Å²) >= 11 is 6.03. The van der Waals surface area contributed by atoms with Crippen molar-refractivity contribution in [2.24, 2.45) is 0 Å². The molecule has 2 aromatic carbocycles. The van der Waals surface area contributed by atoms with Crippen molar-refractivity contribution in [1.29, 1.82) is 0 Å². The molecule has 7 heteroatoms. The van der Waals surface area contributed by atoms with Gasteiger partial charge in [0.05, 0.1) is 25.8 Å². The van der Waals surface area contributed by atoms with Gasteiger partial charge in [-0.05, 0) is 35.4 Å². The van der Waals surface area contributed by atoms with Crippen LogP contribution in [0.2, 0.25) is 5.02 Å². The Kier molecular flexibility index (Phi) is 5.78. The first-order chi connectivity index (χ1) is 13.0. The number of aliphatic hydroxyl groups is 1. The molecule has 0 radical (unpaired) electrons. The Morgan fingerprint density at radius 3 is 2.59 bits per heavy atom. The first kappa shape index (κ1) is 18.9. The third-order valence-electron chi connectivity index (χ3n) is 4.27. The minimum atomic E-state index is -0.568. The van der Waals surface area contributed by atoms with E-state index in [0.717, 1.165) is 11.1 Å². The SMILES string of the molecule is COC(=O)C1=C(Nc2ccc(-c3cccc(Cl)c3)cc2)C(=O)N(CCO)C1. The van der Waals surface area contributed by atoms with E-state index < -0.39 is 5.97 Å². The van der Waals surface area contributed by atoms with Crippen LogP contribution >= 0.6 is 11.6 Å². The van der Waals surface area contributed by atoms with Crippen molar-refractivity contribution in [3.8, 4) is 11.1 Å². The largest absolute Gasteiger partial charge is 0.466 e. The topological polar surface area (TPSA) is 78.9 Å². The van der Waals surface area contributed by atoms with Gasteiger partial charge in [0.25, 0.3) is 5.91 Å². The molecule has 2 aromatic rings. The second-order valence-corrected chi connectivity index (χ2v) is 6.44. The maximum absolute atomic E-state index is 12.5. The highest BCUT2D eigenvalue weighted by Gasteiger charge is 2.34. The van der Waals surface area contributed by atoms with E-state index in [2.05, 4.69) is 5.32 Å². The molecular weight excluding hydrogens is 368 g/mol. The molecule has 27 heavy (non-hydrogen) atoms. The number of methoxy groups -OCH3 is 1. The van der Waals surface area contributed by atoms with Gasteiger partial charge in [0, 0.05) is 17.3 Å². The molecule has 0 unspecified atom stereocenters. The average Bonchev–Trinajstić information content (AvgIpc) is 2.98. The highest BCUT2D eigenvalue weighted by atomic mass is 35.5. The van der Waals surface area contributed by atoms with Gasteiger partial charge < -0.3 is 20.1 Å². The molecule has 0 spiro atoms. The number of aliphatic hydroxyl groups excluding tert-OH is 1. The van der Waals surface area contributed by atoms with Gasteiger partial charge in [-0.15, -0.1) is 0 Å². The van der Waals surface area contributed by atoms with E-state index in [1.807, 2.05) is 48.5 Å². The van der Waals surface area contributed by atoms with Gasteiger partial charge in [-0.1, -0.05) is 35.9 Å². The van der Waals surface area contributed by atoms with Crippen molar-refractivity contribution in [1.82, 2.24) is 4.90 Å². The van der Waals surface area contributed by atoms with Crippen LogP contribution in [0, 0.1) is 0 Å². The third kappa shape index (κ3) is 4.13. The molecule has 0 saturated carbocycles. The summed E-state index contributed by atoms with van der Waals surface area (Å²) in [5.74, 6) is -0.912. The predicted molar refractivity (Wildman–Crippen MR) is 103 cm³/mol. The van der Waals surface area contributed by atoms with Gasteiger partial charge >= 0.3 is 5.97 Å². The number of hydrogen-bond acceptors (Lipinski definition) is 5. The number of hydrogen-bond donors (Lipinski definition) is 2. The molecule has 0 saturated heterocycles. The van der Waals surface area contributed by atoms with E-state index in [4.69, 9.17) is 21.4 Å². The first-order valence-electron chi connectivity index (χ1n) is 8.38. The summed E-state index contributed by atoms with van der Waals surface area (Å²) in [6.45, 7) is 0.0784. The Balaban J connectivity index is 1.84. The molecule has 0 atom stereocenters. The molecule has 6 nitrogen and oxygen atoms in total. The summed E-state index contributed by atoms with van der Waals surface area (Å²) in [6.07, 6.45) is 0. The van der Waals surface area contributed by atoms with Crippen LogP contribution in [0.3, 0.4) is 0 Å². The molecule has 1 heterocycles. The highest BCUT2D eigenvalue weighted by molar-refractivity contribution is 6.30. The lowest BCUT2D eigenvalue weighted by Gasteiger charge is -2.15. The van der Waals surface area contributed by atoms with Crippen molar-refractivity contribution in [2.45, 2.75) is 0 Å². The van der Waals surface area contributed by atoms with Gasteiger partial charge in [-0.25, -0.2) is 4.79 Å². The van der Waals surface area contributed by atoms with Crippen LogP contribution < -0.4 is 5.32 Å². The molecule has 1 amide bonds. The van der Waals surface area contributed by atoms with Crippen LogP contribution in [-0.2, 0) is 14.3 Å². The zero-order valence-electron chi connectivity index (χ0n) is 14.7. The molecular formula is C20H19ClN2O4. The number of ether oxygens (including phenoxy) is 1. The second-order valence-electron chi connectivity index (χ2n) is 6.01. The van der Waals surface area contributed by atoms with E-state index in [9.17, 15) is 9.59 Å². The lowest BCUT2D eigenvalue weighted by Crippen LogP contribution is -2.31. The molecule has 140 valence electrons. The minimum Gasteiger partial charge on any atom is -0.466 e. The molecule has 2 N–H and O–H groups in total. The number of amides is 1. The lowest BCUT2D eigenvalue weighted by atomic mass is 10.1. The summed E-state index contributed by atoms with van der Waals surface area (Å²) in [5.41, 5.74) is 3.04. The number of nitrogens with zero attached hydrogens (tertiary/aromatic N) is 1. The standard InChI is InChI=1S/C20H19ClN2O4/c1-27-20(26)17-12-23(9-10-24)19(25)18(17)22-16-7-5-13(6-8-16)14-3-2-4-15(21)11-14/h2-8,11,22,24H,9-10,12H2,1H3. The van der Waals surface area contributed by atoms with Gasteiger partial charge in [-0.2, -0.15) is 0 Å². The molecule has 0 aliphatic carbocycles. The number of carbonyl (C=O) groups excluding carboxylic acids is 2. The normalized spacial score (nSPS) is 13.9. The number of anilines is 1. The van der Waals surface area contributed by atoms with Crippen LogP contribution in [0.25, 0.3) is 11.1 Å². The van der Waals surface area contributed by atoms with Crippen molar-refractivity contribution in [3.63, 3.8) is 0 Å². The maximum atomic E-state index is 12.5. The van der Waals surface area contributed by atoms with E-state index >= 15 is 0 Å². The number of carbonyl (C=O) groups is 2. The number of nitrogens with one attached hydrogen (secondary N) is 1.